The lowest BCUT2D eigenvalue weighted by Gasteiger charge is -2.08. The van der Waals surface area contributed by atoms with Crippen LogP contribution in [0.1, 0.15) is 23.2 Å². The maximum Gasteiger partial charge on any atom is 0.337 e. The van der Waals surface area contributed by atoms with Crippen molar-refractivity contribution in [2.24, 2.45) is 0 Å². The molecule has 1 fully saturated rings. The lowest BCUT2D eigenvalue weighted by Crippen LogP contribution is -2.31. The van der Waals surface area contributed by atoms with Gasteiger partial charge in [-0.05, 0) is 18.9 Å². The number of nitrogens with one attached hydrogen (secondary N) is 2. The summed E-state index contributed by atoms with van der Waals surface area (Å²) >= 11 is 0. The molecule has 1 amide bonds. The van der Waals surface area contributed by atoms with Gasteiger partial charge in [-0.25, -0.2) is 9.78 Å². The summed E-state index contributed by atoms with van der Waals surface area (Å²) in [5.74, 6) is -0.904. The Balaban J connectivity index is 1.92. The minimum atomic E-state index is -1.09. The zero-order chi connectivity index (χ0) is 13.1. The predicted molar refractivity (Wildman–Crippen MR) is 65.3 cm³/mol. The van der Waals surface area contributed by atoms with Gasteiger partial charge in [0, 0.05) is 12.2 Å². The van der Waals surface area contributed by atoms with E-state index >= 15 is 0 Å². The number of carbonyl (C=O) groups excluding carboxylic acids is 1. The van der Waals surface area contributed by atoms with Gasteiger partial charge in [0.25, 0.3) is 0 Å². The van der Waals surface area contributed by atoms with Crippen LogP contribution in [0.2, 0.25) is 0 Å². The smallest absolute Gasteiger partial charge is 0.337 e. The second-order valence-corrected chi connectivity index (χ2v) is 4.16. The Morgan fingerprint density at radius 3 is 2.78 bits per heavy atom. The zero-order valence-electron chi connectivity index (χ0n) is 9.64. The van der Waals surface area contributed by atoms with E-state index in [9.17, 15) is 9.59 Å². The van der Waals surface area contributed by atoms with Crippen molar-refractivity contribution in [1.82, 2.24) is 10.3 Å². The van der Waals surface area contributed by atoms with E-state index in [4.69, 9.17) is 10.8 Å². The largest absolute Gasteiger partial charge is 0.478 e. The Morgan fingerprint density at radius 2 is 2.22 bits per heavy atom. The Kier molecular flexibility index (Phi) is 3.31. The number of aromatic carboxylic acids is 1. The Bertz CT molecular complexity index is 485. The van der Waals surface area contributed by atoms with Crippen LogP contribution in [0.4, 0.5) is 11.5 Å². The summed E-state index contributed by atoms with van der Waals surface area (Å²) in [5.41, 5.74) is 5.86. The highest BCUT2D eigenvalue weighted by atomic mass is 16.4. The fourth-order valence-corrected chi connectivity index (χ4v) is 1.42. The molecule has 0 aromatic carbocycles. The Hall–Kier alpha value is -2.31. The first-order valence-corrected chi connectivity index (χ1v) is 5.58. The molecule has 1 aromatic heterocycles. The fourth-order valence-electron chi connectivity index (χ4n) is 1.42. The van der Waals surface area contributed by atoms with Gasteiger partial charge in [-0.15, -0.1) is 0 Å². The fraction of sp³-hybridized carbons (Fsp3) is 0.364. The van der Waals surface area contributed by atoms with Gasteiger partial charge in [-0.2, -0.15) is 0 Å². The highest BCUT2D eigenvalue weighted by Crippen LogP contribution is 2.19. The van der Waals surface area contributed by atoms with Crippen molar-refractivity contribution in [2.45, 2.75) is 18.9 Å². The summed E-state index contributed by atoms with van der Waals surface area (Å²) in [6, 6.07) is 1.61. The molecule has 2 rings (SSSR count). The van der Waals surface area contributed by atoms with Crippen LogP contribution in [0.25, 0.3) is 0 Å². The number of hydrogen-bond donors (Lipinski definition) is 4. The van der Waals surface area contributed by atoms with Crippen molar-refractivity contribution in [3.8, 4) is 0 Å². The van der Waals surface area contributed by atoms with E-state index in [0.29, 0.717) is 11.9 Å². The number of rotatable bonds is 5. The second-order valence-electron chi connectivity index (χ2n) is 4.16. The summed E-state index contributed by atoms with van der Waals surface area (Å²) in [6.45, 7) is 0.0696. The number of nitrogen functional groups attached to an aromatic ring is 1. The van der Waals surface area contributed by atoms with Gasteiger partial charge in [0.05, 0.1) is 17.8 Å². The second kappa shape index (κ2) is 4.91. The van der Waals surface area contributed by atoms with Gasteiger partial charge in [0.15, 0.2) is 0 Å². The zero-order valence-corrected chi connectivity index (χ0v) is 9.64. The lowest BCUT2D eigenvalue weighted by atomic mass is 10.2. The monoisotopic (exact) mass is 250 g/mol. The number of carbonyl (C=O) groups is 2. The highest BCUT2D eigenvalue weighted by Gasteiger charge is 2.23. The van der Waals surface area contributed by atoms with E-state index < -0.39 is 5.97 Å². The van der Waals surface area contributed by atoms with Gasteiger partial charge < -0.3 is 21.5 Å². The number of nitrogens with zero attached hydrogens (tertiary/aromatic N) is 1. The molecule has 1 aliphatic carbocycles. The lowest BCUT2D eigenvalue weighted by molar-refractivity contribution is -0.119. The van der Waals surface area contributed by atoms with Crippen LogP contribution in [-0.2, 0) is 4.79 Å². The number of hydrogen-bond acceptors (Lipinski definition) is 5. The third-order valence-corrected chi connectivity index (χ3v) is 2.52. The van der Waals surface area contributed by atoms with Crippen LogP contribution in [-0.4, -0.2) is 34.6 Å². The van der Waals surface area contributed by atoms with Crippen molar-refractivity contribution in [3.05, 3.63) is 17.8 Å². The average molecular weight is 250 g/mol. The summed E-state index contributed by atoms with van der Waals surface area (Å²) < 4.78 is 0. The van der Waals surface area contributed by atoms with Crippen LogP contribution in [0.15, 0.2) is 12.3 Å². The Morgan fingerprint density at radius 1 is 1.50 bits per heavy atom. The van der Waals surface area contributed by atoms with Crippen LogP contribution < -0.4 is 16.4 Å². The normalized spacial score (nSPS) is 14.0. The maximum absolute atomic E-state index is 11.4. The summed E-state index contributed by atoms with van der Waals surface area (Å²) in [7, 11) is 0. The van der Waals surface area contributed by atoms with Crippen molar-refractivity contribution >= 4 is 23.4 Å². The van der Waals surface area contributed by atoms with Crippen molar-refractivity contribution < 1.29 is 14.7 Å². The number of nitrogens with two attached hydrogens (primary N) is 1. The summed E-state index contributed by atoms with van der Waals surface area (Å²) in [4.78, 5) is 26.0. The van der Waals surface area contributed by atoms with E-state index in [1.165, 1.54) is 12.3 Å². The maximum atomic E-state index is 11.4. The standard InChI is InChI=1S/C11H14N4O3/c12-8-3-6(11(17)18)4-13-10(8)14-5-9(16)15-7-1-2-7/h3-4,7H,1-2,5,12H2,(H,13,14)(H,15,16)(H,17,18). The molecule has 5 N–H and O–H groups in total. The number of amides is 1. The van der Waals surface area contributed by atoms with Crippen molar-refractivity contribution in [2.75, 3.05) is 17.6 Å². The number of carboxylic acid groups (broad SMARTS) is 1. The van der Waals surface area contributed by atoms with Crippen LogP contribution in [0.5, 0.6) is 0 Å². The quantitative estimate of drug-likeness (QED) is 0.586. The molecule has 0 saturated heterocycles. The van der Waals surface area contributed by atoms with E-state index in [0.717, 1.165) is 12.8 Å². The molecule has 0 aliphatic heterocycles. The minimum absolute atomic E-state index is 0.0143. The molecule has 1 aromatic rings. The summed E-state index contributed by atoms with van der Waals surface area (Å²) in [6.07, 6.45) is 3.25. The topological polar surface area (TPSA) is 117 Å². The minimum Gasteiger partial charge on any atom is -0.478 e. The third-order valence-electron chi connectivity index (χ3n) is 2.52. The molecule has 0 atom stereocenters. The SMILES string of the molecule is Nc1cc(C(=O)O)cnc1NCC(=O)NC1CC1. The van der Waals surface area contributed by atoms with E-state index in [-0.39, 0.29) is 23.7 Å². The molecule has 0 radical (unpaired) electrons. The van der Waals surface area contributed by atoms with E-state index in [2.05, 4.69) is 15.6 Å². The van der Waals surface area contributed by atoms with Crippen LogP contribution >= 0.6 is 0 Å². The molecule has 0 spiro atoms. The number of anilines is 2. The number of aromatic nitrogens is 1. The van der Waals surface area contributed by atoms with Crippen molar-refractivity contribution in [3.63, 3.8) is 0 Å². The molecule has 7 heteroatoms. The third kappa shape index (κ3) is 3.09. The molecule has 1 heterocycles. The van der Waals surface area contributed by atoms with Gasteiger partial charge >= 0.3 is 5.97 Å². The Labute approximate surface area is 103 Å². The molecule has 1 aliphatic rings. The number of carboxylic acids is 1. The van der Waals surface area contributed by atoms with E-state index in [1.807, 2.05) is 0 Å². The van der Waals surface area contributed by atoms with Gasteiger partial charge in [-0.3, -0.25) is 4.79 Å². The first kappa shape index (κ1) is 12.2. The first-order chi connectivity index (χ1) is 8.56. The van der Waals surface area contributed by atoms with Gasteiger partial charge in [-0.1, -0.05) is 0 Å². The molecular formula is C11H14N4O3. The van der Waals surface area contributed by atoms with Crippen LogP contribution in [0, 0.1) is 0 Å². The van der Waals surface area contributed by atoms with Gasteiger partial charge in [0.2, 0.25) is 5.91 Å². The molecule has 0 bridgehead atoms. The molecule has 1 saturated carbocycles. The highest BCUT2D eigenvalue weighted by molar-refractivity contribution is 5.89. The first-order valence-electron chi connectivity index (χ1n) is 5.58. The van der Waals surface area contributed by atoms with Crippen molar-refractivity contribution in [1.29, 1.82) is 0 Å². The number of pyridine rings is 1. The molecular weight excluding hydrogens is 236 g/mol. The average Bonchev–Trinajstić information content (AvgIpc) is 3.11. The molecule has 18 heavy (non-hydrogen) atoms. The summed E-state index contributed by atoms with van der Waals surface area (Å²) in [5, 5.41) is 14.3. The van der Waals surface area contributed by atoms with E-state index in [1.54, 1.807) is 0 Å². The van der Waals surface area contributed by atoms with Gasteiger partial charge in [0.1, 0.15) is 5.82 Å². The molecule has 7 nitrogen and oxygen atoms in total. The molecule has 96 valence electrons. The molecule has 0 unspecified atom stereocenters. The predicted octanol–water partition coefficient (Wildman–Crippen LogP) is 0.0525. The van der Waals surface area contributed by atoms with Crippen LogP contribution in [0.3, 0.4) is 0 Å².